The van der Waals surface area contributed by atoms with Crippen LogP contribution in [0.1, 0.15) is 99.8 Å². The number of aromatic nitrogens is 2. The smallest absolute Gasteiger partial charge is 0.338 e. The zero-order valence-corrected chi connectivity index (χ0v) is 34.8. The number of aliphatic imine (C=N–C) groups is 1. The first-order valence-corrected chi connectivity index (χ1v) is 21.7. The molecule has 0 radical (unpaired) electrons. The number of likely N-dealkylation sites (N-methyl/N-ethyl adjacent to an activating group) is 1. The number of halogens is 1. The number of unbranched alkanes of at least 4 members (excludes halogenated alkanes) is 9. The Morgan fingerprint density at radius 1 is 0.929 bits per heavy atom. The third kappa shape index (κ3) is 13.0. The van der Waals surface area contributed by atoms with Crippen LogP contribution < -0.4 is 20.5 Å². The second-order valence-corrected chi connectivity index (χ2v) is 16.2. The van der Waals surface area contributed by atoms with Gasteiger partial charge in [0.05, 0.1) is 45.7 Å². The molecule has 3 aromatic carbocycles. The molecule has 0 aliphatic carbocycles. The molecule has 4 aromatic rings. The molecule has 0 fully saturated rings. The lowest BCUT2D eigenvalue weighted by Gasteiger charge is -2.24. The molecule has 14 heteroatoms. The fourth-order valence-electron chi connectivity index (χ4n) is 6.32. The minimum atomic E-state index is -3.33. The summed E-state index contributed by atoms with van der Waals surface area (Å²) in [7, 11) is -1.81. The van der Waals surface area contributed by atoms with Crippen molar-refractivity contribution in [3.8, 4) is 0 Å². The Labute approximate surface area is 335 Å². The van der Waals surface area contributed by atoms with E-state index in [9.17, 15) is 22.8 Å². The lowest BCUT2D eigenvalue weighted by atomic mass is 10.1. The van der Waals surface area contributed by atoms with Crippen LogP contribution >= 0.6 is 11.6 Å². The number of nitrogens with zero attached hydrogens (tertiary/aromatic N) is 4. The number of carbonyl (C=O) groups excluding carboxylic acids is 2. The molecule has 12 nitrogen and oxygen atoms in total. The van der Waals surface area contributed by atoms with Crippen LogP contribution in [0.15, 0.2) is 70.5 Å². The highest BCUT2D eigenvalue weighted by Crippen LogP contribution is 2.28. The summed E-state index contributed by atoms with van der Waals surface area (Å²) in [6, 6.07) is 16.9. The van der Waals surface area contributed by atoms with Crippen molar-refractivity contribution >= 4 is 67.2 Å². The number of amides is 1. The number of nitrogens with one attached hydrogen (secondary N) is 2. The number of anilines is 2. The van der Waals surface area contributed by atoms with E-state index in [0.717, 1.165) is 36.8 Å². The van der Waals surface area contributed by atoms with Crippen LogP contribution in [0.25, 0.3) is 10.9 Å². The maximum atomic E-state index is 14.2. The predicted molar refractivity (Wildman–Crippen MR) is 227 cm³/mol. The summed E-state index contributed by atoms with van der Waals surface area (Å²) < 4.78 is 32.5. The van der Waals surface area contributed by atoms with Crippen LogP contribution in [0.4, 0.5) is 17.1 Å². The number of hydrogen-bond donors (Lipinski definition) is 2. The fraction of sp³-hybridized carbons (Fsp3) is 0.452. The van der Waals surface area contributed by atoms with Gasteiger partial charge >= 0.3 is 5.97 Å². The van der Waals surface area contributed by atoms with E-state index in [1.165, 1.54) is 68.7 Å². The monoisotopic (exact) mass is 806 g/mol. The molecule has 1 aromatic heterocycles. The minimum absolute atomic E-state index is 0.0277. The second kappa shape index (κ2) is 21.6. The molecule has 302 valence electrons. The molecular formula is C42H55ClN6O6S. The number of aryl methyl sites for hydroxylation is 1. The molecule has 0 atom stereocenters. The molecule has 0 aliphatic rings. The first-order chi connectivity index (χ1) is 26.8. The molecular weight excluding hydrogens is 752 g/mol. The van der Waals surface area contributed by atoms with Crippen LogP contribution in [0, 0.1) is 6.92 Å². The van der Waals surface area contributed by atoms with Crippen molar-refractivity contribution in [1.29, 1.82) is 0 Å². The summed E-state index contributed by atoms with van der Waals surface area (Å²) in [6.45, 7) is 7.62. The van der Waals surface area contributed by atoms with Gasteiger partial charge in [0.1, 0.15) is 0 Å². The van der Waals surface area contributed by atoms with Crippen LogP contribution in [0.5, 0.6) is 0 Å². The van der Waals surface area contributed by atoms with E-state index in [1.54, 1.807) is 36.4 Å². The van der Waals surface area contributed by atoms with Gasteiger partial charge in [-0.3, -0.25) is 14.2 Å². The summed E-state index contributed by atoms with van der Waals surface area (Å²) >= 11 is 6.54. The van der Waals surface area contributed by atoms with Crippen molar-refractivity contribution in [2.45, 2.75) is 85.0 Å². The molecule has 2 N–H and O–H groups in total. The Kier molecular flexibility index (Phi) is 17.1. The maximum absolute atomic E-state index is 14.2. The van der Waals surface area contributed by atoms with Crippen LogP contribution in [-0.4, -0.2) is 68.1 Å². The van der Waals surface area contributed by atoms with Crippen LogP contribution in [-0.2, 0) is 26.6 Å². The highest BCUT2D eigenvalue weighted by molar-refractivity contribution is 7.88. The van der Waals surface area contributed by atoms with Gasteiger partial charge in [0.15, 0.2) is 11.5 Å². The Hall–Kier alpha value is -4.59. The number of para-hydroxylation sites is 1. The van der Waals surface area contributed by atoms with Gasteiger partial charge in [-0.2, -0.15) is 0 Å². The lowest BCUT2D eigenvalue weighted by molar-refractivity contribution is -0.110. The Balaban J connectivity index is 1.55. The SMILES string of the molecule is CCCCCCCCCCCCOC(=O)c1ccc(Cl)c(NC(=O)/C(=N\c2ccc(N(CC)CCNS(C)(=O)=O)cc2C)c2nc3ccccc3c(=O)n2C)c1. The zero-order chi connectivity index (χ0) is 40.7. The fourth-order valence-corrected chi connectivity index (χ4v) is 6.94. The van der Waals surface area contributed by atoms with Crippen molar-refractivity contribution in [3.05, 3.63) is 93.0 Å². The van der Waals surface area contributed by atoms with Gasteiger partial charge in [-0.1, -0.05) is 88.4 Å². The molecule has 1 amide bonds. The number of ether oxygens (including phenoxy) is 1. The standard InChI is InChI=1S/C42H55ClN6O6S/c1-6-8-9-10-11-12-13-14-15-18-27-55-42(52)31-21-23-34(43)37(29-31)47-40(50)38(39-46-36-20-17-16-19-33(36)41(51)48(39)4)45-35-24-22-32(28-30(35)3)49(7-2)26-25-44-56(5,53)54/h16-17,19-24,28-29,44H,6-15,18,25-27H2,1-5H3,(H,47,50)/b45-38-. The molecule has 4 rings (SSSR count). The number of benzene rings is 3. The zero-order valence-electron chi connectivity index (χ0n) is 33.2. The lowest BCUT2D eigenvalue weighted by Crippen LogP contribution is -2.34. The van der Waals surface area contributed by atoms with Crippen molar-refractivity contribution < 1.29 is 22.7 Å². The topological polar surface area (TPSA) is 152 Å². The van der Waals surface area contributed by atoms with E-state index in [-0.39, 0.29) is 39.9 Å². The van der Waals surface area contributed by atoms with Crippen molar-refractivity contribution in [1.82, 2.24) is 14.3 Å². The average Bonchev–Trinajstić information content (AvgIpc) is 3.17. The number of sulfonamides is 1. The van der Waals surface area contributed by atoms with Crippen LogP contribution in [0.2, 0.25) is 5.02 Å². The van der Waals surface area contributed by atoms with E-state index < -0.39 is 21.9 Å². The van der Waals surface area contributed by atoms with Crippen LogP contribution in [0.3, 0.4) is 0 Å². The molecule has 56 heavy (non-hydrogen) atoms. The minimum Gasteiger partial charge on any atom is -0.462 e. The summed E-state index contributed by atoms with van der Waals surface area (Å²) in [6.07, 6.45) is 12.8. The normalized spacial score (nSPS) is 11.9. The molecule has 0 unspecified atom stereocenters. The first kappa shape index (κ1) is 44.1. The largest absolute Gasteiger partial charge is 0.462 e. The van der Waals surface area contributed by atoms with Gasteiger partial charge in [0, 0.05) is 32.4 Å². The Morgan fingerprint density at radius 2 is 1.61 bits per heavy atom. The number of rotatable bonds is 22. The summed E-state index contributed by atoms with van der Waals surface area (Å²) in [5.74, 6) is -1.20. The van der Waals surface area contributed by atoms with Gasteiger partial charge in [-0.05, 0) is 74.4 Å². The quantitative estimate of drug-likeness (QED) is 0.0459. The van der Waals surface area contributed by atoms with Gasteiger partial charge in [0.25, 0.3) is 11.5 Å². The van der Waals surface area contributed by atoms with Gasteiger partial charge in [0.2, 0.25) is 10.0 Å². The Bertz CT molecular complexity index is 2170. The van der Waals surface area contributed by atoms with Gasteiger partial charge < -0.3 is 15.0 Å². The highest BCUT2D eigenvalue weighted by Gasteiger charge is 2.23. The predicted octanol–water partition coefficient (Wildman–Crippen LogP) is 8.11. The number of esters is 1. The molecule has 0 bridgehead atoms. The van der Waals surface area contributed by atoms with Gasteiger partial charge in [-0.25, -0.2) is 27.9 Å². The highest BCUT2D eigenvalue weighted by atomic mass is 35.5. The van der Waals surface area contributed by atoms with Crippen molar-refractivity contribution in [2.75, 3.05) is 42.7 Å². The van der Waals surface area contributed by atoms with E-state index in [0.29, 0.717) is 36.3 Å². The number of hydrogen-bond acceptors (Lipinski definition) is 9. The summed E-state index contributed by atoms with van der Waals surface area (Å²) in [5, 5.41) is 3.37. The third-order valence-electron chi connectivity index (χ3n) is 9.50. The maximum Gasteiger partial charge on any atom is 0.338 e. The molecule has 0 spiro atoms. The van der Waals surface area contributed by atoms with E-state index in [2.05, 4.69) is 21.9 Å². The Morgan fingerprint density at radius 3 is 2.27 bits per heavy atom. The third-order valence-corrected chi connectivity index (χ3v) is 10.6. The molecule has 0 saturated heterocycles. The molecule has 1 heterocycles. The van der Waals surface area contributed by atoms with E-state index in [4.69, 9.17) is 21.3 Å². The van der Waals surface area contributed by atoms with Gasteiger partial charge in [-0.15, -0.1) is 0 Å². The number of carbonyl (C=O) groups is 2. The number of fused-ring (bicyclic) bond motifs is 1. The molecule has 0 saturated carbocycles. The first-order valence-electron chi connectivity index (χ1n) is 19.5. The molecule has 0 aliphatic heterocycles. The van der Waals surface area contributed by atoms with Crippen molar-refractivity contribution in [3.63, 3.8) is 0 Å². The van der Waals surface area contributed by atoms with Crippen molar-refractivity contribution in [2.24, 2.45) is 12.0 Å². The van der Waals surface area contributed by atoms with E-state index >= 15 is 0 Å². The summed E-state index contributed by atoms with van der Waals surface area (Å²) in [4.78, 5) is 52.2. The van der Waals surface area contributed by atoms with E-state index in [1.807, 2.05) is 30.9 Å². The average molecular weight is 807 g/mol. The summed E-state index contributed by atoms with van der Waals surface area (Å²) in [5.41, 5.74) is 2.28. The second-order valence-electron chi connectivity index (χ2n) is 14.0.